The van der Waals surface area contributed by atoms with E-state index in [-0.39, 0.29) is 11.0 Å². The smallest absolute Gasteiger partial charge is 0.317 e. The molecule has 0 radical (unpaired) electrons. The van der Waals surface area contributed by atoms with Gasteiger partial charge >= 0.3 is 6.01 Å². The Kier molecular flexibility index (Phi) is 6.00. The topological polar surface area (TPSA) is 86.1 Å². The number of ether oxygens (including phenoxy) is 1. The zero-order valence-electron chi connectivity index (χ0n) is 14.0. The van der Waals surface area contributed by atoms with Crippen LogP contribution in [0.15, 0.2) is 33.6 Å². The molecule has 1 atom stereocenters. The Morgan fingerprint density at radius 1 is 1.21 bits per heavy atom. The largest absolute Gasteiger partial charge is 0.461 e. The molecule has 2 aromatic rings. The van der Waals surface area contributed by atoms with E-state index in [0.717, 1.165) is 4.47 Å². The molecule has 0 aliphatic heterocycles. The van der Waals surface area contributed by atoms with Crippen molar-refractivity contribution >= 4 is 26.0 Å². The molecule has 132 valence electrons. The lowest BCUT2D eigenvalue weighted by Crippen LogP contribution is -2.29. The molecule has 24 heavy (non-hydrogen) atoms. The summed E-state index contributed by atoms with van der Waals surface area (Å²) in [4.78, 5) is 0.193. The van der Waals surface area contributed by atoms with Gasteiger partial charge in [0.2, 0.25) is 10.0 Å². The van der Waals surface area contributed by atoms with Crippen molar-refractivity contribution < 1.29 is 13.2 Å². The summed E-state index contributed by atoms with van der Waals surface area (Å²) in [7, 11) is -3.66. The molecule has 0 amide bonds. The van der Waals surface area contributed by atoms with Gasteiger partial charge in [0, 0.05) is 11.0 Å². The second-order valence-corrected chi connectivity index (χ2v) is 8.18. The third kappa shape index (κ3) is 4.34. The van der Waals surface area contributed by atoms with Gasteiger partial charge in [-0.15, -0.1) is 5.10 Å². The van der Waals surface area contributed by atoms with Crippen LogP contribution in [0, 0.1) is 0 Å². The van der Waals surface area contributed by atoms with Crippen molar-refractivity contribution in [1.82, 2.24) is 19.5 Å². The lowest BCUT2D eigenvalue weighted by molar-refractivity contribution is 0.211. The molecule has 0 unspecified atom stereocenters. The van der Waals surface area contributed by atoms with Crippen molar-refractivity contribution in [2.45, 2.75) is 51.3 Å². The zero-order valence-corrected chi connectivity index (χ0v) is 16.4. The number of benzene rings is 1. The van der Waals surface area contributed by atoms with Gasteiger partial charge in [0.05, 0.1) is 17.0 Å². The average Bonchev–Trinajstić information content (AvgIpc) is 2.89. The molecule has 0 saturated heterocycles. The normalized spacial score (nSPS) is 13.2. The SMILES string of the molecule is CCn1c(OC(C)C)nnc1[C@@H](C)NS(=O)(=O)c1ccc(Br)cc1. The summed E-state index contributed by atoms with van der Waals surface area (Å²) < 4.78 is 35.8. The fraction of sp³-hybridized carbons (Fsp3) is 0.467. The van der Waals surface area contributed by atoms with E-state index in [1.54, 1.807) is 23.6 Å². The minimum Gasteiger partial charge on any atom is -0.461 e. The zero-order chi connectivity index (χ0) is 17.9. The number of aromatic nitrogens is 3. The molecule has 0 spiro atoms. The molecule has 7 nitrogen and oxygen atoms in total. The van der Waals surface area contributed by atoms with Crippen LogP contribution in [0.3, 0.4) is 0 Å². The quantitative estimate of drug-likeness (QED) is 0.749. The Balaban J connectivity index is 2.24. The van der Waals surface area contributed by atoms with Crippen molar-refractivity contribution in [1.29, 1.82) is 0 Å². The first-order valence-electron chi connectivity index (χ1n) is 7.62. The minimum absolute atomic E-state index is 0.0397. The van der Waals surface area contributed by atoms with E-state index in [2.05, 4.69) is 30.8 Å². The number of halogens is 1. The van der Waals surface area contributed by atoms with Crippen molar-refractivity contribution in [2.24, 2.45) is 0 Å². The Labute approximate surface area is 150 Å². The molecular weight excluding hydrogens is 396 g/mol. The number of nitrogens with one attached hydrogen (secondary N) is 1. The second-order valence-electron chi connectivity index (χ2n) is 5.55. The highest BCUT2D eigenvalue weighted by molar-refractivity contribution is 9.10. The van der Waals surface area contributed by atoms with Crippen LogP contribution >= 0.6 is 15.9 Å². The number of hydrogen-bond acceptors (Lipinski definition) is 5. The van der Waals surface area contributed by atoms with Gasteiger partial charge in [-0.2, -0.15) is 0 Å². The summed E-state index contributed by atoms with van der Waals surface area (Å²) in [5, 5.41) is 8.10. The molecule has 1 aromatic carbocycles. The van der Waals surface area contributed by atoms with Crippen LogP contribution in [0.1, 0.15) is 39.6 Å². The molecule has 1 N–H and O–H groups in total. The monoisotopic (exact) mass is 416 g/mol. The first-order valence-corrected chi connectivity index (χ1v) is 9.90. The number of nitrogens with zero attached hydrogens (tertiary/aromatic N) is 3. The van der Waals surface area contributed by atoms with Gasteiger partial charge in [-0.3, -0.25) is 4.57 Å². The highest BCUT2D eigenvalue weighted by atomic mass is 79.9. The van der Waals surface area contributed by atoms with Gasteiger partial charge < -0.3 is 4.74 Å². The van der Waals surface area contributed by atoms with E-state index in [4.69, 9.17) is 4.74 Å². The van der Waals surface area contributed by atoms with E-state index in [9.17, 15) is 8.42 Å². The summed E-state index contributed by atoms with van der Waals surface area (Å²) in [6, 6.07) is 6.28. The molecule has 1 aromatic heterocycles. The first-order chi connectivity index (χ1) is 11.2. The predicted molar refractivity (Wildman–Crippen MR) is 94.3 cm³/mol. The van der Waals surface area contributed by atoms with Crippen LogP contribution < -0.4 is 9.46 Å². The average molecular weight is 417 g/mol. The van der Waals surface area contributed by atoms with Gasteiger partial charge in [-0.05, 0) is 52.0 Å². The summed E-state index contributed by atoms with van der Waals surface area (Å²) in [6.45, 7) is 8.03. The molecule has 2 rings (SSSR count). The fourth-order valence-corrected chi connectivity index (χ4v) is 3.65. The molecule has 0 saturated carbocycles. The third-order valence-corrected chi connectivity index (χ3v) is 5.33. The molecular formula is C15H21BrN4O3S. The first kappa shape index (κ1) is 18.9. The van der Waals surface area contributed by atoms with Crippen LogP contribution in [0.4, 0.5) is 0 Å². The minimum atomic E-state index is -3.66. The molecule has 9 heteroatoms. The van der Waals surface area contributed by atoms with Gasteiger partial charge in [0.25, 0.3) is 0 Å². The Hall–Kier alpha value is -1.45. The van der Waals surface area contributed by atoms with E-state index in [0.29, 0.717) is 18.4 Å². The third-order valence-electron chi connectivity index (χ3n) is 3.25. The van der Waals surface area contributed by atoms with Gasteiger partial charge in [0.1, 0.15) is 0 Å². The van der Waals surface area contributed by atoms with E-state index in [1.807, 2.05) is 20.8 Å². The van der Waals surface area contributed by atoms with Crippen molar-refractivity contribution in [3.05, 3.63) is 34.6 Å². The summed E-state index contributed by atoms with van der Waals surface area (Å²) in [5.41, 5.74) is 0. The standard InChI is InChI=1S/C15H21BrN4O3S/c1-5-20-14(17-18-15(20)23-10(2)3)11(4)19-24(21,22)13-8-6-12(16)7-9-13/h6-11,19H,5H2,1-4H3/t11-/m1/s1. The molecule has 0 aliphatic carbocycles. The lowest BCUT2D eigenvalue weighted by atomic mass is 10.3. The van der Waals surface area contributed by atoms with Crippen molar-refractivity contribution in [2.75, 3.05) is 0 Å². The highest BCUT2D eigenvalue weighted by Gasteiger charge is 2.24. The number of sulfonamides is 1. The van der Waals surface area contributed by atoms with E-state index in [1.165, 1.54) is 12.1 Å². The molecule has 1 heterocycles. The Bertz CT molecular complexity index is 788. The Morgan fingerprint density at radius 3 is 2.38 bits per heavy atom. The summed E-state index contributed by atoms with van der Waals surface area (Å²) in [6.07, 6.45) is -0.0397. The van der Waals surface area contributed by atoms with Crippen LogP contribution in [-0.2, 0) is 16.6 Å². The van der Waals surface area contributed by atoms with E-state index >= 15 is 0 Å². The van der Waals surface area contributed by atoms with Gasteiger partial charge in [-0.1, -0.05) is 21.0 Å². The number of rotatable bonds is 7. The van der Waals surface area contributed by atoms with Crippen LogP contribution in [0.5, 0.6) is 6.01 Å². The molecule has 0 aliphatic rings. The molecule has 0 fully saturated rings. The van der Waals surface area contributed by atoms with Crippen LogP contribution in [0.25, 0.3) is 0 Å². The van der Waals surface area contributed by atoms with Crippen molar-refractivity contribution in [3.63, 3.8) is 0 Å². The maximum absolute atomic E-state index is 12.5. The molecule has 0 bridgehead atoms. The van der Waals surface area contributed by atoms with Crippen LogP contribution in [0.2, 0.25) is 0 Å². The van der Waals surface area contributed by atoms with Gasteiger partial charge in [0.15, 0.2) is 5.82 Å². The highest BCUT2D eigenvalue weighted by Crippen LogP contribution is 2.21. The fourth-order valence-electron chi connectivity index (χ4n) is 2.18. The van der Waals surface area contributed by atoms with Crippen molar-refractivity contribution in [3.8, 4) is 6.01 Å². The summed E-state index contributed by atoms with van der Waals surface area (Å²) in [5.74, 6) is 0.508. The van der Waals surface area contributed by atoms with Crippen LogP contribution in [-0.4, -0.2) is 29.3 Å². The predicted octanol–water partition coefficient (Wildman–Crippen LogP) is 2.89. The Morgan fingerprint density at radius 2 is 1.83 bits per heavy atom. The van der Waals surface area contributed by atoms with Gasteiger partial charge in [-0.25, -0.2) is 13.1 Å². The summed E-state index contributed by atoms with van der Waals surface area (Å²) >= 11 is 3.29. The van der Waals surface area contributed by atoms with E-state index < -0.39 is 16.1 Å². The maximum atomic E-state index is 12.5. The maximum Gasteiger partial charge on any atom is 0.317 e. The second kappa shape index (κ2) is 7.62. The lowest BCUT2D eigenvalue weighted by Gasteiger charge is -2.16. The number of hydrogen-bond donors (Lipinski definition) is 1.